The Hall–Kier alpha value is -2.09. The molecular formula is C18H27FN4. The highest BCUT2D eigenvalue weighted by atomic mass is 19.1. The van der Waals surface area contributed by atoms with E-state index in [2.05, 4.69) is 36.4 Å². The largest absolute Gasteiger partial charge is 0.354 e. The molecular weight excluding hydrogens is 291 g/mol. The minimum absolute atomic E-state index is 0.311. The lowest BCUT2D eigenvalue weighted by Gasteiger charge is -2.18. The van der Waals surface area contributed by atoms with Crippen LogP contribution in [0.1, 0.15) is 51.2 Å². The molecule has 1 atom stereocenters. The van der Waals surface area contributed by atoms with E-state index in [-0.39, 0.29) is 5.82 Å². The zero-order chi connectivity index (χ0) is 17.2. The molecule has 23 heavy (non-hydrogen) atoms. The summed E-state index contributed by atoms with van der Waals surface area (Å²) in [7, 11) is 1.70. The predicted octanol–water partition coefficient (Wildman–Crippen LogP) is 3.58. The lowest BCUT2D eigenvalue weighted by atomic mass is 10.0. The first kappa shape index (κ1) is 19.0. The van der Waals surface area contributed by atoms with Crippen LogP contribution in [0.3, 0.4) is 0 Å². The van der Waals surface area contributed by atoms with Crippen LogP contribution in [0.5, 0.6) is 0 Å². The van der Waals surface area contributed by atoms with Crippen molar-refractivity contribution < 1.29 is 4.39 Å². The van der Waals surface area contributed by atoms with Crippen molar-refractivity contribution in [2.75, 3.05) is 7.05 Å². The Kier molecular flexibility index (Phi) is 8.10. The van der Waals surface area contributed by atoms with Crippen LogP contribution in [0.2, 0.25) is 0 Å². The molecule has 5 heteroatoms. The quantitative estimate of drug-likeness (QED) is 0.597. The molecule has 2 N–H and O–H groups in total. The second kappa shape index (κ2) is 9.83. The van der Waals surface area contributed by atoms with Crippen LogP contribution in [-0.4, -0.2) is 19.0 Å². The van der Waals surface area contributed by atoms with Gasteiger partial charge in [0.2, 0.25) is 0 Å². The van der Waals surface area contributed by atoms with Crippen molar-refractivity contribution in [3.8, 4) is 6.07 Å². The minimum Gasteiger partial charge on any atom is -0.354 e. The van der Waals surface area contributed by atoms with Gasteiger partial charge < -0.3 is 10.6 Å². The number of halogens is 1. The average Bonchev–Trinajstić information content (AvgIpc) is 2.51. The average molecular weight is 318 g/mol. The molecule has 0 aromatic heterocycles. The SMILES string of the molecule is CN=C(NCc1ccc(C#N)cc1F)NC(C)CCCC(C)C. The van der Waals surface area contributed by atoms with Gasteiger partial charge in [-0.3, -0.25) is 4.99 Å². The van der Waals surface area contributed by atoms with Crippen molar-refractivity contribution in [3.05, 3.63) is 35.1 Å². The fraction of sp³-hybridized carbons (Fsp3) is 0.556. The zero-order valence-electron chi connectivity index (χ0n) is 14.5. The first-order valence-electron chi connectivity index (χ1n) is 8.12. The summed E-state index contributed by atoms with van der Waals surface area (Å²) in [6.45, 7) is 6.90. The second-order valence-corrected chi connectivity index (χ2v) is 6.21. The van der Waals surface area contributed by atoms with Crippen LogP contribution in [0.15, 0.2) is 23.2 Å². The molecule has 1 rings (SSSR count). The monoisotopic (exact) mass is 318 g/mol. The van der Waals surface area contributed by atoms with E-state index in [9.17, 15) is 4.39 Å². The molecule has 0 saturated carbocycles. The highest BCUT2D eigenvalue weighted by molar-refractivity contribution is 5.79. The highest BCUT2D eigenvalue weighted by Crippen LogP contribution is 2.10. The molecule has 1 unspecified atom stereocenters. The van der Waals surface area contributed by atoms with Crippen LogP contribution in [0, 0.1) is 23.1 Å². The van der Waals surface area contributed by atoms with E-state index >= 15 is 0 Å². The van der Waals surface area contributed by atoms with Crippen molar-refractivity contribution in [1.82, 2.24) is 10.6 Å². The highest BCUT2D eigenvalue weighted by Gasteiger charge is 2.08. The van der Waals surface area contributed by atoms with Gasteiger partial charge in [0.25, 0.3) is 0 Å². The molecule has 0 heterocycles. The minimum atomic E-state index is -0.378. The Morgan fingerprint density at radius 1 is 1.30 bits per heavy atom. The lowest BCUT2D eigenvalue weighted by molar-refractivity contribution is 0.491. The van der Waals surface area contributed by atoms with Crippen LogP contribution in [0.25, 0.3) is 0 Å². The zero-order valence-corrected chi connectivity index (χ0v) is 14.5. The fourth-order valence-corrected chi connectivity index (χ4v) is 2.27. The summed E-state index contributed by atoms with van der Waals surface area (Å²) < 4.78 is 13.8. The van der Waals surface area contributed by atoms with Crippen molar-refractivity contribution in [2.24, 2.45) is 10.9 Å². The van der Waals surface area contributed by atoms with E-state index in [1.54, 1.807) is 19.2 Å². The standard InChI is InChI=1S/C18H27FN4/c1-13(2)6-5-7-14(3)23-18(21-4)22-12-16-9-8-15(11-20)10-17(16)19/h8-10,13-14H,5-7,12H2,1-4H3,(H2,21,22,23). The van der Waals surface area contributed by atoms with Crippen molar-refractivity contribution in [2.45, 2.75) is 52.6 Å². The maximum absolute atomic E-state index is 13.8. The molecule has 4 nitrogen and oxygen atoms in total. The summed E-state index contributed by atoms with van der Waals surface area (Å²) in [4.78, 5) is 4.17. The van der Waals surface area contributed by atoms with Gasteiger partial charge in [0.1, 0.15) is 5.82 Å². The van der Waals surface area contributed by atoms with Gasteiger partial charge in [-0.25, -0.2) is 4.39 Å². The van der Waals surface area contributed by atoms with Gasteiger partial charge >= 0.3 is 0 Å². The number of nitrogens with zero attached hydrogens (tertiary/aromatic N) is 2. The molecule has 126 valence electrons. The summed E-state index contributed by atoms with van der Waals surface area (Å²) in [6, 6.07) is 6.73. The van der Waals surface area contributed by atoms with E-state index in [1.165, 1.54) is 18.9 Å². The normalized spacial score (nSPS) is 12.8. The molecule has 0 amide bonds. The Bertz CT molecular complexity index is 561. The molecule has 0 aliphatic heterocycles. The summed E-state index contributed by atoms with van der Waals surface area (Å²) in [5.74, 6) is 1.00. The molecule has 1 aromatic carbocycles. The van der Waals surface area contributed by atoms with Gasteiger partial charge in [-0.2, -0.15) is 5.26 Å². The van der Waals surface area contributed by atoms with Gasteiger partial charge in [0.15, 0.2) is 5.96 Å². The molecule has 0 aliphatic rings. The summed E-state index contributed by atoms with van der Waals surface area (Å²) >= 11 is 0. The summed E-state index contributed by atoms with van der Waals surface area (Å²) in [5, 5.41) is 15.2. The van der Waals surface area contributed by atoms with Crippen LogP contribution < -0.4 is 10.6 Å². The number of nitrogens with one attached hydrogen (secondary N) is 2. The lowest BCUT2D eigenvalue weighted by Crippen LogP contribution is -2.41. The van der Waals surface area contributed by atoms with Crippen molar-refractivity contribution >= 4 is 5.96 Å². The summed E-state index contributed by atoms with van der Waals surface area (Å²) in [5.41, 5.74) is 0.840. The third-order valence-electron chi connectivity index (χ3n) is 3.65. The first-order chi connectivity index (χ1) is 11.0. The molecule has 1 aromatic rings. The Balaban J connectivity index is 2.47. The fourth-order valence-electron chi connectivity index (χ4n) is 2.27. The molecule has 0 radical (unpaired) electrons. The van der Waals surface area contributed by atoms with Gasteiger partial charge in [0.05, 0.1) is 11.6 Å². The van der Waals surface area contributed by atoms with E-state index in [4.69, 9.17) is 5.26 Å². The summed E-state index contributed by atoms with van der Waals surface area (Å²) in [6.07, 6.45) is 3.46. The van der Waals surface area contributed by atoms with E-state index in [0.717, 1.165) is 12.3 Å². The van der Waals surface area contributed by atoms with Gasteiger partial charge in [-0.1, -0.05) is 32.8 Å². The topological polar surface area (TPSA) is 60.2 Å². The molecule has 0 bridgehead atoms. The van der Waals surface area contributed by atoms with E-state index in [0.29, 0.717) is 29.7 Å². The van der Waals surface area contributed by atoms with Gasteiger partial charge in [-0.05, 0) is 31.4 Å². The van der Waals surface area contributed by atoms with Crippen molar-refractivity contribution in [1.29, 1.82) is 5.26 Å². The molecule has 0 aliphatic carbocycles. The number of rotatable bonds is 7. The second-order valence-electron chi connectivity index (χ2n) is 6.21. The predicted molar refractivity (Wildman–Crippen MR) is 92.6 cm³/mol. The Morgan fingerprint density at radius 2 is 2.04 bits per heavy atom. The maximum Gasteiger partial charge on any atom is 0.191 e. The number of hydrogen-bond donors (Lipinski definition) is 2. The van der Waals surface area contributed by atoms with Crippen LogP contribution in [0.4, 0.5) is 4.39 Å². The third-order valence-corrected chi connectivity index (χ3v) is 3.65. The Labute approximate surface area is 138 Å². The molecule has 0 spiro atoms. The number of benzene rings is 1. The number of aliphatic imine (C=N–C) groups is 1. The Morgan fingerprint density at radius 3 is 2.61 bits per heavy atom. The number of hydrogen-bond acceptors (Lipinski definition) is 2. The molecule has 0 fully saturated rings. The van der Waals surface area contributed by atoms with Gasteiger partial charge in [-0.15, -0.1) is 0 Å². The third kappa shape index (κ3) is 7.14. The smallest absolute Gasteiger partial charge is 0.191 e. The maximum atomic E-state index is 13.8. The number of guanidine groups is 1. The number of nitriles is 1. The van der Waals surface area contributed by atoms with E-state index in [1.807, 2.05) is 6.07 Å². The first-order valence-corrected chi connectivity index (χ1v) is 8.12. The van der Waals surface area contributed by atoms with Crippen molar-refractivity contribution in [3.63, 3.8) is 0 Å². The molecule has 0 saturated heterocycles. The van der Waals surface area contributed by atoms with E-state index < -0.39 is 0 Å². The van der Waals surface area contributed by atoms with Crippen LogP contribution >= 0.6 is 0 Å². The van der Waals surface area contributed by atoms with Gasteiger partial charge in [0, 0.05) is 25.2 Å². The van der Waals surface area contributed by atoms with Crippen LogP contribution in [-0.2, 0) is 6.54 Å².